The summed E-state index contributed by atoms with van der Waals surface area (Å²) >= 11 is 5.35. The van der Waals surface area contributed by atoms with Gasteiger partial charge in [-0.15, -0.1) is 11.6 Å². The van der Waals surface area contributed by atoms with Gasteiger partial charge in [0, 0.05) is 6.26 Å². The zero-order chi connectivity index (χ0) is 6.78. The van der Waals surface area contributed by atoms with E-state index in [2.05, 4.69) is 0 Å². The van der Waals surface area contributed by atoms with Gasteiger partial charge < -0.3 is 0 Å². The molecule has 1 atom stereocenters. The summed E-state index contributed by atoms with van der Waals surface area (Å²) in [5.74, 6) is 0. The molecule has 8 heavy (non-hydrogen) atoms. The number of rotatable bonds is 2. The van der Waals surface area contributed by atoms with Gasteiger partial charge in [0.2, 0.25) is 0 Å². The van der Waals surface area contributed by atoms with Gasteiger partial charge in [-0.2, -0.15) is 0 Å². The highest BCUT2D eigenvalue weighted by atomic mass is 35.5. The van der Waals surface area contributed by atoms with Crippen LogP contribution in [0.15, 0.2) is 0 Å². The lowest BCUT2D eigenvalue weighted by Crippen LogP contribution is -2.10. The van der Waals surface area contributed by atoms with Crippen molar-refractivity contribution in [3.8, 4) is 0 Å². The highest BCUT2D eigenvalue weighted by molar-refractivity contribution is 7.92. The minimum absolute atomic E-state index is 0.473. The van der Waals surface area contributed by atoms with Crippen molar-refractivity contribution in [3.05, 3.63) is 0 Å². The van der Waals surface area contributed by atoms with E-state index in [4.69, 9.17) is 11.6 Å². The van der Waals surface area contributed by atoms with E-state index in [1.165, 1.54) is 0 Å². The summed E-state index contributed by atoms with van der Waals surface area (Å²) in [6.45, 7) is 1.73. The van der Waals surface area contributed by atoms with Crippen LogP contribution < -0.4 is 0 Å². The minimum atomic E-state index is -2.99. The van der Waals surface area contributed by atoms with Crippen LogP contribution in [-0.2, 0) is 9.84 Å². The van der Waals surface area contributed by atoms with Crippen molar-refractivity contribution in [3.63, 3.8) is 0 Å². The Bertz CT molecular complexity index is 149. The molecule has 0 amide bonds. The summed E-state index contributed by atoms with van der Waals surface area (Å²) in [5, 5.41) is 0. The topological polar surface area (TPSA) is 34.1 Å². The molecule has 50 valence electrons. The normalized spacial score (nSPS) is 15.9. The van der Waals surface area contributed by atoms with Crippen molar-refractivity contribution in [2.24, 2.45) is 0 Å². The van der Waals surface area contributed by atoms with Crippen LogP contribution in [0.4, 0.5) is 0 Å². The van der Waals surface area contributed by atoms with Crippen LogP contribution in [0.3, 0.4) is 0 Å². The van der Waals surface area contributed by atoms with Crippen LogP contribution in [0.5, 0.6) is 0 Å². The van der Waals surface area contributed by atoms with E-state index in [9.17, 15) is 8.42 Å². The first-order valence-corrected chi connectivity index (χ1v) is 4.70. The van der Waals surface area contributed by atoms with Crippen molar-refractivity contribution in [1.82, 2.24) is 0 Å². The second-order valence-corrected chi connectivity index (χ2v) is 4.66. The van der Waals surface area contributed by atoms with Crippen molar-refractivity contribution in [2.75, 3.05) is 6.26 Å². The Labute approximate surface area is 54.8 Å². The third-order valence-electron chi connectivity index (χ3n) is 0.786. The van der Waals surface area contributed by atoms with E-state index in [0.29, 0.717) is 6.42 Å². The fourth-order valence-electron chi connectivity index (χ4n) is 0.303. The molecule has 4 heteroatoms. The number of halogens is 1. The lowest BCUT2D eigenvalue weighted by Gasteiger charge is -1.99. The van der Waals surface area contributed by atoms with Crippen LogP contribution in [0.2, 0.25) is 0 Å². The Morgan fingerprint density at radius 2 is 2.00 bits per heavy atom. The maximum Gasteiger partial charge on any atom is 0.164 e. The van der Waals surface area contributed by atoms with Crippen LogP contribution in [0, 0.1) is 0 Å². The fraction of sp³-hybridized carbons (Fsp3) is 1.00. The molecule has 2 nitrogen and oxygen atoms in total. The fourth-order valence-corrected chi connectivity index (χ4v) is 0.908. The van der Waals surface area contributed by atoms with Crippen molar-refractivity contribution >= 4 is 21.4 Å². The number of hydrogen-bond donors (Lipinski definition) is 0. The van der Waals surface area contributed by atoms with Crippen molar-refractivity contribution in [2.45, 2.75) is 18.1 Å². The summed E-state index contributed by atoms with van der Waals surface area (Å²) in [5.41, 5.74) is 0. The van der Waals surface area contributed by atoms with E-state index in [-0.39, 0.29) is 0 Å². The SMILES string of the molecule is CC[C@H](Cl)S(C)(=O)=O. The molecular formula is C4H9ClO2S. The van der Waals surface area contributed by atoms with Gasteiger partial charge in [0.25, 0.3) is 0 Å². The number of alkyl halides is 1. The lowest BCUT2D eigenvalue weighted by atomic mass is 10.6. The van der Waals surface area contributed by atoms with E-state index in [1.54, 1.807) is 6.92 Å². The zero-order valence-electron chi connectivity index (χ0n) is 4.89. The van der Waals surface area contributed by atoms with Crippen LogP contribution in [-0.4, -0.2) is 19.4 Å². The molecule has 0 bridgehead atoms. The predicted molar refractivity (Wildman–Crippen MR) is 34.8 cm³/mol. The highest BCUT2D eigenvalue weighted by Crippen LogP contribution is 2.07. The van der Waals surface area contributed by atoms with Gasteiger partial charge in [-0.05, 0) is 6.42 Å². The summed E-state index contributed by atoms with van der Waals surface area (Å²) in [6.07, 6.45) is 1.61. The molecule has 0 N–H and O–H groups in total. The largest absolute Gasteiger partial charge is 0.228 e. The number of sulfone groups is 1. The predicted octanol–water partition coefficient (Wildman–Crippen LogP) is 1.01. The zero-order valence-corrected chi connectivity index (χ0v) is 6.46. The lowest BCUT2D eigenvalue weighted by molar-refractivity contribution is 0.597. The van der Waals surface area contributed by atoms with E-state index < -0.39 is 14.5 Å². The Morgan fingerprint density at radius 3 is 2.00 bits per heavy atom. The van der Waals surface area contributed by atoms with Gasteiger partial charge >= 0.3 is 0 Å². The first-order valence-electron chi connectivity index (χ1n) is 2.31. The average Bonchev–Trinajstić information content (AvgIpc) is 1.62. The molecule has 0 saturated carbocycles. The third kappa shape index (κ3) is 2.52. The third-order valence-corrected chi connectivity index (χ3v) is 3.33. The van der Waals surface area contributed by atoms with Crippen molar-refractivity contribution < 1.29 is 8.42 Å². The van der Waals surface area contributed by atoms with Crippen LogP contribution in [0.25, 0.3) is 0 Å². The number of hydrogen-bond acceptors (Lipinski definition) is 2. The van der Waals surface area contributed by atoms with Crippen LogP contribution in [0.1, 0.15) is 13.3 Å². The first-order chi connectivity index (χ1) is 3.48. The molecule has 0 aromatic heterocycles. The second kappa shape index (κ2) is 2.69. The van der Waals surface area contributed by atoms with Gasteiger partial charge in [-0.25, -0.2) is 8.42 Å². The Kier molecular flexibility index (Phi) is 2.77. The molecular weight excluding hydrogens is 148 g/mol. The van der Waals surface area contributed by atoms with E-state index in [1.807, 2.05) is 0 Å². The molecule has 0 aliphatic heterocycles. The van der Waals surface area contributed by atoms with E-state index >= 15 is 0 Å². The van der Waals surface area contributed by atoms with Gasteiger partial charge in [-0.3, -0.25) is 0 Å². The maximum absolute atomic E-state index is 10.4. The molecule has 0 rings (SSSR count). The van der Waals surface area contributed by atoms with Gasteiger partial charge in [-0.1, -0.05) is 6.92 Å². The summed E-state index contributed by atoms with van der Waals surface area (Å²) < 4.78 is 20.2. The van der Waals surface area contributed by atoms with Gasteiger partial charge in [0.1, 0.15) is 4.71 Å². The van der Waals surface area contributed by atoms with Gasteiger partial charge in [0.05, 0.1) is 0 Å². The van der Waals surface area contributed by atoms with E-state index in [0.717, 1.165) is 6.26 Å². The van der Waals surface area contributed by atoms with Crippen LogP contribution >= 0.6 is 11.6 Å². The second-order valence-electron chi connectivity index (χ2n) is 1.65. The first kappa shape index (κ1) is 8.24. The molecule has 0 radical (unpaired) electrons. The molecule has 0 aliphatic rings. The summed E-state index contributed by atoms with van der Waals surface area (Å²) in [6, 6.07) is 0. The Balaban J connectivity index is 4.04. The molecule has 0 aromatic rings. The van der Waals surface area contributed by atoms with Crippen molar-refractivity contribution in [1.29, 1.82) is 0 Å². The van der Waals surface area contributed by atoms with Gasteiger partial charge in [0.15, 0.2) is 9.84 Å². The molecule has 0 aromatic carbocycles. The molecule has 0 unspecified atom stereocenters. The summed E-state index contributed by atoms with van der Waals surface area (Å²) in [7, 11) is -2.99. The Hall–Kier alpha value is 0.240. The summed E-state index contributed by atoms with van der Waals surface area (Å²) in [4.78, 5) is 0. The average molecular weight is 157 g/mol. The Morgan fingerprint density at radius 1 is 1.62 bits per heavy atom. The quantitative estimate of drug-likeness (QED) is 0.560. The minimum Gasteiger partial charge on any atom is -0.228 e. The smallest absolute Gasteiger partial charge is 0.164 e. The highest BCUT2D eigenvalue weighted by Gasteiger charge is 2.13. The molecule has 0 spiro atoms. The molecule has 0 aliphatic carbocycles. The maximum atomic E-state index is 10.4. The molecule has 0 heterocycles. The standard InChI is InChI=1S/C4H9ClO2S/c1-3-4(5)8(2,6)7/h4H,3H2,1-2H3/t4-/m1/s1. The monoisotopic (exact) mass is 156 g/mol. The molecule has 0 fully saturated rings. The molecule has 0 saturated heterocycles.